The van der Waals surface area contributed by atoms with E-state index in [0.717, 1.165) is 42.9 Å². The van der Waals surface area contributed by atoms with E-state index in [0.29, 0.717) is 24.8 Å². The number of carbonyl (C=O) groups excluding carboxylic acids is 2. The van der Waals surface area contributed by atoms with Gasteiger partial charge < -0.3 is 19.9 Å². The molecule has 1 saturated heterocycles. The van der Waals surface area contributed by atoms with Crippen molar-refractivity contribution in [2.75, 3.05) is 43.0 Å². The van der Waals surface area contributed by atoms with Crippen LogP contribution in [0.5, 0.6) is 5.75 Å². The monoisotopic (exact) mass is 499 g/mol. The number of piperazine rings is 1. The quantitative estimate of drug-likeness (QED) is 0.408. The third-order valence-corrected chi connectivity index (χ3v) is 7.12. The molecule has 1 aliphatic rings. The molecule has 3 aromatic carbocycles. The van der Waals surface area contributed by atoms with Crippen molar-refractivity contribution in [3.05, 3.63) is 89.5 Å². The van der Waals surface area contributed by atoms with Crippen LogP contribution in [0, 0.1) is 0 Å². The van der Waals surface area contributed by atoms with Gasteiger partial charge in [0.2, 0.25) is 0 Å². The minimum absolute atomic E-state index is 0.0401. The lowest BCUT2D eigenvalue weighted by molar-refractivity contribution is -0.118. The molecule has 37 heavy (non-hydrogen) atoms. The summed E-state index contributed by atoms with van der Waals surface area (Å²) in [6, 6.07) is 23.7. The molecule has 1 fully saturated rings. The zero-order chi connectivity index (χ0) is 26.2. The molecule has 6 heteroatoms. The van der Waals surface area contributed by atoms with Crippen molar-refractivity contribution >= 4 is 23.2 Å². The summed E-state index contributed by atoms with van der Waals surface area (Å²) in [5.74, 6) is 1.09. The summed E-state index contributed by atoms with van der Waals surface area (Å²) in [6.45, 7) is 9.35. The van der Waals surface area contributed by atoms with E-state index in [-0.39, 0.29) is 18.4 Å². The highest BCUT2D eigenvalue weighted by Crippen LogP contribution is 2.22. The predicted octanol–water partition coefficient (Wildman–Crippen LogP) is 5.74. The van der Waals surface area contributed by atoms with Crippen molar-refractivity contribution in [1.82, 2.24) is 4.90 Å². The third-order valence-electron chi connectivity index (χ3n) is 7.12. The molecule has 1 unspecified atom stereocenters. The molecule has 3 aromatic rings. The molecule has 0 aromatic heterocycles. The Bertz CT molecular complexity index is 1170. The number of carbonyl (C=O) groups is 2. The van der Waals surface area contributed by atoms with Crippen LogP contribution in [0.4, 0.5) is 11.4 Å². The van der Waals surface area contributed by atoms with Crippen LogP contribution in [0.15, 0.2) is 72.8 Å². The van der Waals surface area contributed by atoms with E-state index in [9.17, 15) is 9.59 Å². The second kappa shape index (κ2) is 12.4. The average Bonchev–Trinajstić information content (AvgIpc) is 2.96. The van der Waals surface area contributed by atoms with E-state index in [1.165, 1.54) is 11.1 Å². The lowest BCUT2D eigenvalue weighted by Crippen LogP contribution is -2.48. The van der Waals surface area contributed by atoms with Gasteiger partial charge >= 0.3 is 0 Å². The van der Waals surface area contributed by atoms with Gasteiger partial charge in [-0.25, -0.2) is 0 Å². The Morgan fingerprint density at radius 2 is 1.51 bits per heavy atom. The first-order valence-corrected chi connectivity index (χ1v) is 13.2. The Labute approximate surface area is 220 Å². The fourth-order valence-corrected chi connectivity index (χ4v) is 4.46. The zero-order valence-electron chi connectivity index (χ0n) is 22.1. The molecular formula is C31H37N3O3. The molecule has 1 atom stereocenters. The van der Waals surface area contributed by atoms with Crippen molar-refractivity contribution in [3.63, 3.8) is 0 Å². The maximum absolute atomic E-state index is 12.8. The average molecular weight is 500 g/mol. The van der Waals surface area contributed by atoms with Crippen LogP contribution in [-0.2, 0) is 11.2 Å². The second-order valence-electron chi connectivity index (χ2n) is 9.59. The Kier molecular flexibility index (Phi) is 8.83. The van der Waals surface area contributed by atoms with Crippen molar-refractivity contribution < 1.29 is 14.3 Å². The summed E-state index contributed by atoms with van der Waals surface area (Å²) < 4.78 is 5.65. The fraction of sp³-hybridized carbons (Fsp3) is 0.355. The lowest BCUT2D eigenvalue weighted by Gasteiger charge is -2.36. The number of hydrogen-bond acceptors (Lipinski definition) is 4. The maximum atomic E-state index is 12.8. The highest BCUT2D eigenvalue weighted by molar-refractivity contribution is 5.94. The highest BCUT2D eigenvalue weighted by atomic mass is 16.5. The molecule has 0 saturated carbocycles. The normalized spacial score (nSPS) is 14.2. The van der Waals surface area contributed by atoms with Gasteiger partial charge in [-0.05, 0) is 78.4 Å². The molecule has 1 aliphatic heterocycles. The minimum Gasteiger partial charge on any atom is -0.484 e. The summed E-state index contributed by atoms with van der Waals surface area (Å²) in [5.41, 5.74) is 5.07. The standard InChI is InChI=1S/C31H37N3O3/c1-4-23(3)25-10-16-29(17-11-25)37-22-30(35)32-27-12-14-28(15-13-27)33-18-20-34(21-19-33)31(36)26-8-6-24(5-2)7-9-26/h6-17,23H,4-5,18-22H2,1-3H3,(H,32,35). The fourth-order valence-electron chi connectivity index (χ4n) is 4.46. The second-order valence-corrected chi connectivity index (χ2v) is 9.59. The molecule has 0 radical (unpaired) electrons. The lowest BCUT2D eigenvalue weighted by atomic mass is 9.99. The van der Waals surface area contributed by atoms with Crippen LogP contribution < -0.4 is 15.0 Å². The first kappa shape index (κ1) is 26.3. The largest absolute Gasteiger partial charge is 0.484 e. The van der Waals surface area contributed by atoms with Crippen LogP contribution in [0.25, 0.3) is 0 Å². The van der Waals surface area contributed by atoms with Gasteiger partial charge in [0.25, 0.3) is 11.8 Å². The van der Waals surface area contributed by atoms with E-state index in [4.69, 9.17) is 4.74 Å². The third kappa shape index (κ3) is 6.91. The molecule has 194 valence electrons. The van der Waals surface area contributed by atoms with E-state index in [1.54, 1.807) is 0 Å². The number of anilines is 2. The van der Waals surface area contributed by atoms with Crippen LogP contribution in [0.1, 0.15) is 54.6 Å². The molecule has 0 aliphatic carbocycles. The van der Waals surface area contributed by atoms with Crippen LogP contribution in [-0.4, -0.2) is 49.5 Å². The molecule has 1 N–H and O–H groups in total. The summed E-state index contributed by atoms with van der Waals surface area (Å²) in [4.78, 5) is 29.4. The molecule has 6 nitrogen and oxygen atoms in total. The van der Waals surface area contributed by atoms with Crippen molar-refractivity contribution in [1.29, 1.82) is 0 Å². The van der Waals surface area contributed by atoms with Crippen molar-refractivity contribution in [2.45, 2.75) is 39.5 Å². The van der Waals surface area contributed by atoms with Gasteiger partial charge in [0.05, 0.1) is 0 Å². The van der Waals surface area contributed by atoms with Crippen LogP contribution >= 0.6 is 0 Å². The maximum Gasteiger partial charge on any atom is 0.262 e. The Morgan fingerprint density at radius 1 is 0.865 bits per heavy atom. The number of hydrogen-bond donors (Lipinski definition) is 1. The number of aryl methyl sites for hydroxylation is 1. The number of nitrogens with one attached hydrogen (secondary N) is 1. The molecule has 1 heterocycles. The van der Waals surface area contributed by atoms with Gasteiger partial charge in [0.1, 0.15) is 5.75 Å². The highest BCUT2D eigenvalue weighted by Gasteiger charge is 2.22. The Hall–Kier alpha value is -3.80. The molecule has 0 bridgehead atoms. The first-order chi connectivity index (χ1) is 18.0. The summed E-state index contributed by atoms with van der Waals surface area (Å²) in [7, 11) is 0. The molecule has 4 rings (SSSR count). The molecule has 0 spiro atoms. The number of amides is 2. The molecular weight excluding hydrogens is 462 g/mol. The van der Waals surface area contributed by atoms with E-state index in [1.807, 2.05) is 65.6 Å². The van der Waals surface area contributed by atoms with Gasteiger partial charge in [0.15, 0.2) is 6.61 Å². The summed E-state index contributed by atoms with van der Waals surface area (Å²) in [5, 5.41) is 2.89. The summed E-state index contributed by atoms with van der Waals surface area (Å²) >= 11 is 0. The minimum atomic E-state index is -0.196. The van der Waals surface area contributed by atoms with E-state index < -0.39 is 0 Å². The summed E-state index contributed by atoms with van der Waals surface area (Å²) in [6.07, 6.45) is 2.06. The van der Waals surface area contributed by atoms with E-state index in [2.05, 4.69) is 43.1 Å². The SMILES string of the molecule is CCc1ccc(C(=O)N2CCN(c3ccc(NC(=O)COc4ccc(C(C)CC)cc4)cc3)CC2)cc1. The van der Waals surface area contributed by atoms with Crippen molar-refractivity contribution in [3.8, 4) is 5.75 Å². The smallest absolute Gasteiger partial charge is 0.262 e. The van der Waals surface area contributed by atoms with Gasteiger partial charge in [-0.2, -0.15) is 0 Å². The van der Waals surface area contributed by atoms with Gasteiger partial charge in [0, 0.05) is 43.1 Å². The van der Waals surface area contributed by atoms with Gasteiger partial charge in [-0.15, -0.1) is 0 Å². The number of benzene rings is 3. The van der Waals surface area contributed by atoms with Crippen LogP contribution in [0.2, 0.25) is 0 Å². The topological polar surface area (TPSA) is 61.9 Å². The Balaban J connectivity index is 1.23. The Morgan fingerprint density at radius 3 is 2.11 bits per heavy atom. The van der Waals surface area contributed by atoms with Gasteiger partial charge in [-0.3, -0.25) is 9.59 Å². The number of nitrogens with zero attached hydrogens (tertiary/aromatic N) is 2. The zero-order valence-corrected chi connectivity index (χ0v) is 22.1. The van der Waals surface area contributed by atoms with Gasteiger partial charge in [-0.1, -0.05) is 45.0 Å². The van der Waals surface area contributed by atoms with Crippen LogP contribution in [0.3, 0.4) is 0 Å². The van der Waals surface area contributed by atoms with Crippen molar-refractivity contribution in [2.24, 2.45) is 0 Å². The number of rotatable bonds is 9. The van der Waals surface area contributed by atoms with E-state index >= 15 is 0 Å². The number of ether oxygens (including phenoxy) is 1. The predicted molar refractivity (Wildman–Crippen MR) is 150 cm³/mol. The first-order valence-electron chi connectivity index (χ1n) is 13.2. The molecule has 2 amide bonds.